The molecule has 3 N–H and O–H groups in total. The minimum atomic E-state index is -0.773. The Hall–Kier alpha value is -2.89. The van der Waals surface area contributed by atoms with Crippen molar-refractivity contribution in [2.24, 2.45) is 0 Å². The number of halogens is 1. The minimum absolute atomic E-state index is 0.209. The van der Waals surface area contributed by atoms with Gasteiger partial charge < -0.3 is 16.0 Å². The third kappa shape index (κ3) is 3.08. The van der Waals surface area contributed by atoms with Crippen LogP contribution in [0.15, 0.2) is 48.5 Å². The first-order valence-electron chi connectivity index (χ1n) is 7.70. The second-order valence-electron chi connectivity index (χ2n) is 5.80. The van der Waals surface area contributed by atoms with Crippen LogP contribution >= 0.6 is 0 Å². The van der Waals surface area contributed by atoms with Crippen molar-refractivity contribution < 1.29 is 14.0 Å². The van der Waals surface area contributed by atoms with Crippen molar-refractivity contribution in [3.8, 4) is 0 Å². The molecule has 5 nitrogen and oxygen atoms in total. The Morgan fingerprint density at radius 3 is 2.08 bits per heavy atom. The van der Waals surface area contributed by atoms with Crippen LogP contribution in [-0.2, 0) is 10.2 Å². The molecule has 2 aromatic carbocycles. The maximum atomic E-state index is 14.0. The highest BCUT2D eigenvalue weighted by molar-refractivity contribution is 6.01. The maximum Gasteiger partial charge on any atom is 0.318 e. The van der Waals surface area contributed by atoms with Gasteiger partial charge in [0.15, 0.2) is 0 Å². The van der Waals surface area contributed by atoms with Gasteiger partial charge in [0.2, 0.25) is 5.91 Å². The van der Waals surface area contributed by atoms with E-state index in [-0.39, 0.29) is 17.8 Å². The van der Waals surface area contributed by atoms with Gasteiger partial charge in [-0.1, -0.05) is 18.2 Å². The Kier molecular flexibility index (Phi) is 4.20. The average Bonchev–Trinajstić information content (AvgIpc) is 3.38. The molecule has 1 aliphatic rings. The highest BCUT2D eigenvalue weighted by Gasteiger charge is 2.52. The number of carbonyl (C=O) groups excluding carboxylic acids is 2. The summed E-state index contributed by atoms with van der Waals surface area (Å²) in [6.45, 7) is 0. The third-order valence-electron chi connectivity index (χ3n) is 4.20. The first kappa shape index (κ1) is 16.0. The van der Waals surface area contributed by atoms with Gasteiger partial charge in [0.1, 0.15) is 5.82 Å². The summed E-state index contributed by atoms with van der Waals surface area (Å²) in [5, 5.41) is 7.92. The highest BCUT2D eigenvalue weighted by atomic mass is 19.1. The Morgan fingerprint density at radius 2 is 1.54 bits per heavy atom. The second-order valence-corrected chi connectivity index (χ2v) is 5.80. The van der Waals surface area contributed by atoms with E-state index in [0.717, 1.165) is 0 Å². The van der Waals surface area contributed by atoms with E-state index in [4.69, 9.17) is 0 Å². The van der Waals surface area contributed by atoms with E-state index < -0.39 is 5.41 Å². The van der Waals surface area contributed by atoms with Crippen molar-refractivity contribution in [3.05, 3.63) is 59.9 Å². The lowest BCUT2D eigenvalue weighted by Crippen LogP contribution is -2.28. The van der Waals surface area contributed by atoms with E-state index >= 15 is 0 Å². The molecule has 2 aromatic rings. The van der Waals surface area contributed by atoms with Gasteiger partial charge in [-0.2, -0.15) is 0 Å². The number of anilines is 2. The number of hydrogen-bond donors (Lipinski definition) is 3. The van der Waals surface area contributed by atoms with Crippen LogP contribution in [0.1, 0.15) is 18.4 Å². The van der Waals surface area contributed by atoms with Crippen LogP contribution < -0.4 is 16.0 Å². The number of carbonyl (C=O) groups is 2. The quantitative estimate of drug-likeness (QED) is 0.807. The molecule has 0 radical (unpaired) electrons. The predicted molar refractivity (Wildman–Crippen MR) is 90.5 cm³/mol. The van der Waals surface area contributed by atoms with Crippen LogP contribution in [0.5, 0.6) is 0 Å². The Bertz CT molecular complexity index is 770. The lowest BCUT2D eigenvalue weighted by molar-refractivity contribution is -0.118. The molecule has 124 valence electrons. The van der Waals surface area contributed by atoms with Crippen LogP contribution in [0.3, 0.4) is 0 Å². The van der Waals surface area contributed by atoms with E-state index in [0.29, 0.717) is 29.8 Å². The second kappa shape index (κ2) is 6.31. The molecule has 0 atom stereocenters. The highest BCUT2D eigenvalue weighted by Crippen LogP contribution is 2.49. The van der Waals surface area contributed by atoms with Crippen molar-refractivity contribution in [3.63, 3.8) is 0 Å². The zero-order chi connectivity index (χ0) is 17.2. The molecule has 0 unspecified atom stereocenters. The molecule has 1 fully saturated rings. The van der Waals surface area contributed by atoms with Crippen LogP contribution in [0, 0.1) is 5.82 Å². The van der Waals surface area contributed by atoms with Gasteiger partial charge in [-0.15, -0.1) is 0 Å². The van der Waals surface area contributed by atoms with Crippen molar-refractivity contribution >= 4 is 23.3 Å². The van der Waals surface area contributed by atoms with Gasteiger partial charge in [0.05, 0.1) is 5.41 Å². The number of nitrogens with one attached hydrogen (secondary N) is 3. The summed E-state index contributed by atoms with van der Waals surface area (Å²) in [7, 11) is 1.53. The summed E-state index contributed by atoms with van der Waals surface area (Å²) in [4.78, 5) is 23.8. The first-order valence-corrected chi connectivity index (χ1v) is 7.70. The summed E-state index contributed by atoms with van der Waals surface area (Å²) >= 11 is 0. The molecule has 3 rings (SSSR count). The fourth-order valence-corrected chi connectivity index (χ4v) is 2.67. The summed E-state index contributed by atoms with van der Waals surface area (Å²) < 4.78 is 14.0. The fourth-order valence-electron chi connectivity index (χ4n) is 2.67. The SMILES string of the molecule is CNC(=O)Nc1ccc(NC(=O)C2(c3ccccc3F)CC2)cc1. The third-order valence-corrected chi connectivity index (χ3v) is 4.20. The normalized spacial score (nSPS) is 14.6. The van der Waals surface area contributed by atoms with E-state index in [1.807, 2.05) is 0 Å². The monoisotopic (exact) mass is 327 g/mol. The van der Waals surface area contributed by atoms with Crippen molar-refractivity contribution in [2.75, 3.05) is 17.7 Å². The smallest absolute Gasteiger partial charge is 0.318 e. The molecule has 1 aliphatic carbocycles. The molecule has 1 saturated carbocycles. The summed E-state index contributed by atoms with van der Waals surface area (Å²) in [6, 6.07) is 12.8. The van der Waals surface area contributed by atoms with Gasteiger partial charge in [-0.3, -0.25) is 4.79 Å². The van der Waals surface area contributed by atoms with Gasteiger partial charge >= 0.3 is 6.03 Å². The van der Waals surface area contributed by atoms with Crippen LogP contribution in [0.25, 0.3) is 0 Å². The lowest BCUT2D eigenvalue weighted by Gasteiger charge is -2.16. The van der Waals surface area contributed by atoms with Gasteiger partial charge in [-0.25, -0.2) is 9.18 Å². The van der Waals surface area contributed by atoms with Crippen molar-refractivity contribution in [1.82, 2.24) is 5.32 Å². The van der Waals surface area contributed by atoms with Crippen LogP contribution in [0.4, 0.5) is 20.6 Å². The lowest BCUT2D eigenvalue weighted by atomic mass is 9.94. The summed E-state index contributed by atoms with van der Waals surface area (Å²) in [5.74, 6) is -0.560. The molecular formula is C18H18FN3O2. The molecule has 3 amide bonds. The number of hydrogen-bond acceptors (Lipinski definition) is 2. The molecule has 0 saturated heterocycles. The molecule has 0 bridgehead atoms. The number of rotatable bonds is 4. The molecule has 0 aromatic heterocycles. The molecule has 6 heteroatoms. The number of urea groups is 1. The van der Waals surface area contributed by atoms with Gasteiger partial charge in [0, 0.05) is 24.0 Å². The molecular weight excluding hydrogens is 309 g/mol. The number of benzene rings is 2. The van der Waals surface area contributed by atoms with Crippen LogP contribution in [-0.4, -0.2) is 19.0 Å². The summed E-state index contributed by atoms with van der Waals surface area (Å²) in [5.41, 5.74) is 0.887. The summed E-state index contributed by atoms with van der Waals surface area (Å²) in [6.07, 6.45) is 1.27. The zero-order valence-corrected chi connectivity index (χ0v) is 13.2. The average molecular weight is 327 g/mol. The van der Waals surface area contributed by atoms with E-state index in [2.05, 4.69) is 16.0 Å². The van der Waals surface area contributed by atoms with E-state index in [1.54, 1.807) is 42.5 Å². The first-order chi connectivity index (χ1) is 11.5. The largest absolute Gasteiger partial charge is 0.341 e. The van der Waals surface area contributed by atoms with Crippen molar-refractivity contribution in [2.45, 2.75) is 18.3 Å². The predicted octanol–water partition coefficient (Wildman–Crippen LogP) is 3.25. The van der Waals surface area contributed by atoms with Crippen molar-refractivity contribution in [1.29, 1.82) is 0 Å². The molecule has 0 aliphatic heterocycles. The van der Waals surface area contributed by atoms with E-state index in [9.17, 15) is 14.0 Å². The Labute approximate surface area is 139 Å². The standard InChI is InChI=1S/C18H18FN3O2/c1-20-17(24)22-13-8-6-12(7-9-13)21-16(23)18(10-11-18)14-4-2-3-5-15(14)19/h2-9H,10-11H2,1H3,(H,21,23)(H2,20,22,24). The Balaban J connectivity index is 1.71. The minimum Gasteiger partial charge on any atom is -0.341 e. The van der Waals surface area contributed by atoms with Crippen LogP contribution in [0.2, 0.25) is 0 Å². The Morgan fingerprint density at radius 1 is 0.958 bits per heavy atom. The van der Waals surface area contributed by atoms with Gasteiger partial charge in [0.25, 0.3) is 0 Å². The molecule has 0 spiro atoms. The molecule has 0 heterocycles. The zero-order valence-electron chi connectivity index (χ0n) is 13.2. The van der Waals surface area contributed by atoms with Gasteiger partial charge in [-0.05, 0) is 43.2 Å². The topological polar surface area (TPSA) is 70.2 Å². The fraction of sp³-hybridized carbons (Fsp3) is 0.222. The van der Waals surface area contributed by atoms with E-state index in [1.165, 1.54) is 13.1 Å². The number of amides is 3. The maximum absolute atomic E-state index is 14.0. The molecule has 24 heavy (non-hydrogen) atoms.